The van der Waals surface area contributed by atoms with Crippen molar-refractivity contribution in [3.05, 3.63) is 29.8 Å². The zero-order valence-corrected chi connectivity index (χ0v) is 10.1. The molecule has 0 fully saturated rings. The van der Waals surface area contributed by atoms with Crippen LogP contribution < -0.4 is 4.74 Å². The van der Waals surface area contributed by atoms with E-state index in [1.807, 2.05) is 12.1 Å². The van der Waals surface area contributed by atoms with E-state index in [2.05, 4.69) is 19.1 Å². The summed E-state index contributed by atoms with van der Waals surface area (Å²) in [5.41, 5.74) is 1.31. The van der Waals surface area contributed by atoms with Crippen LogP contribution in [0, 0.1) is 0 Å². The first kappa shape index (κ1) is 12.8. The van der Waals surface area contributed by atoms with E-state index in [1.165, 1.54) is 5.56 Å². The Kier molecular flexibility index (Phi) is 5.62. The number of hydrogen-bond acceptors (Lipinski definition) is 2. The number of rotatable bonds is 7. The molecule has 0 saturated heterocycles. The molecule has 0 bridgehead atoms. The van der Waals surface area contributed by atoms with Crippen LogP contribution >= 0.6 is 0 Å². The molecular formula is C14H20O2. The Morgan fingerprint density at radius 1 is 1.25 bits per heavy atom. The van der Waals surface area contributed by atoms with E-state index in [4.69, 9.17) is 4.74 Å². The van der Waals surface area contributed by atoms with Gasteiger partial charge >= 0.3 is 0 Å². The summed E-state index contributed by atoms with van der Waals surface area (Å²) in [5.74, 6) is 1.38. The van der Waals surface area contributed by atoms with E-state index in [0.29, 0.717) is 12.3 Å². The third-order valence-electron chi connectivity index (χ3n) is 2.86. The molecule has 0 saturated carbocycles. The minimum Gasteiger partial charge on any atom is -0.497 e. The number of aldehydes is 1. The lowest BCUT2D eigenvalue weighted by atomic mass is 9.90. The van der Waals surface area contributed by atoms with Gasteiger partial charge in [-0.3, -0.25) is 0 Å². The van der Waals surface area contributed by atoms with Crippen LogP contribution in [0.15, 0.2) is 24.3 Å². The fourth-order valence-corrected chi connectivity index (χ4v) is 1.97. The van der Waals surface area contributed by atoms with Crippen LogP contribution in [0.4, 0.5) is 0 Å². The highest BCUT2D eigenvalue weighted by atomic mass is 16.5. The molecule has 0 aliphatic carbocycles. The summed E-state index contributed by atoms with van der Waals surface area (Å²) in [7, 11) is 1.67. The van der Waals surface area contributed by atoms with Crippen molar-refractivity contribution in [2.24, 2.45) is 0 Å². The summed E-state index contributed by atoms with van der Waals surface area (Å²) in [6, 6.07) is 8.17. The van der Waals surface area contributed by atoms with Crippen LogP contribution in [-0.2, 0) is 4.79 Å². The Labute approximate surface area is 97.6 Å². The molecule has 1 unspecified atom stereocenters. The van der Waals surface area contributed by atoms with E-state index in [1.54, 1.807) is 7.11 Å². The summed E-state index contributed by atoms with van der Waals surface area (Å²) in [6.45, 7) is 2.18. The number of methoxy groups -OCH3 is 1. The van der Waals surface area contributed by atoms with Crippen LogP contribution in [0.3, 0.4) is 0 Å². The van der Waals surface area contributed by atoms with E-state index >= 15 is 0 Å². The van der Waals surface area contributed by atoms with Crippen molar-refractivity contribution in [1.82, 2.24) is 0 Å². The zero-order valence-electron chi connectivity index (χ0n) is 10.1. The van der Waals surface area contributed by atoms with Crippen LogP contribution in [0.1, 0.15) is 44.1 Å². The van der Waals surface area contributed by atoms with Crippen LogP contribution in [-0.4, -0.2) is 13.4 Å². The van der Waals surface area contributed by atoms with E-state index in [9.17, 15) is 4.79 Å². The largest absolute Gasteiger partial charge is 0.497 e. The normalized spacial score (nSPS) is 12.1. The fourth-order valence-electron chi connectivity index (χ4n) is 1.97. The lowest BCUT2D eigenvalue weighted by Crippen LogP contribution is -1.99. The summed E-state index contributed by atoms with van der Waals surface area (Å²) in [5, 5.41) is 0. The van der Waals surface area contributed by atoms with Crippen LogP contribution in [0.25, 0.3) is 0 Å². The van der Waals surface area contributed by atoms with Gasteiger partial charge in [0, 0.05) is 6.42 Å². The molecule has 2 heteroatoms. The van der Waals surface area contributed by atoms with Gasteiger partial charge in [0.1, 0.15) is 12.0 Å². The molecule has 0 N–H and O–H groups in total. The molecule has 88 valence electrons. The van der Waals surface area contributed by atoms with Gasteiger partial charge in [-0.2, -0.15) is 0 Å². The maximum Gasteiger partial charge on any atom is 0.120 e. The maximum absolute atomic E-state index is 10.4. The third kappa shape index (κ3) is 3.69. The monoisotopic (exact) mass is 220 g/mol. The minimum absolute atomic E-state index is 0.501. The van der Waals surface area contributed by atoms with Gasteiger partial charge < -0.3 is 9.53 Å². The van der Waals surface area contributed by atoms with Crippen molar-refractivity contribution < 1.29 is 9.53 Å². The fraction of sp³-hybridized carbons (Fsp3) is 0.500. The molecule has 1 aromatic rings. The topological polar surface area (TPSA) is 26.3 Å². The second kappa shape index (κ2) is 7.04. The first-order chi connectivity index (χ1) is 7.81. The number of carbonyl (C=O) groups is 1. The van der Waals surface area contributed by atoms with Gasteiger partial charge in [0.2, 0.25) is 0 Å². The van der Waals surface area contributed by atoms with Gasteiger partial charge in [-0.25, -0.2) is 0 Å². The average Bonchev–Trinajstić information content (AvgIpc) is 2.35. The quantitative estimate of drug-likeness (QED) is 0.657. The molecule has 0 aromatic heterocycles. The number of ether oxygens (including phenoxy) is 1. The molecule has 0 radical (unpaired) electrons. The second-order valence-electron chi connectivity index (χ2n) is 4.00. The van der Waals surface area contributed by atoms with Gasteiger partial charge in [-0.15, -0.1) is 0 Å². The molecule has 1 aromatic carbocycles. The maximum atomic E-state index is 10.4. The number of benzene rings is 1. The standard InChI is InChI=1S/C14H20O2/c1-3-5-12(6-4-11-15)13-7-9-14(16-2)10-8-13/h7-12H,3-6H2,1-2H3. The molecule has 2 nitrogen and oxygen atoms in total. The Hall–Kier alpha value is -1.31. The van der Waals surface area contributed by atoms with Gasteiger partial charge in [0.15, 0.2) is 0 Å². The van der Waals surface area contributed by atoms with Gasteiger partial charge in [0.05, 0.1) is 7.11 Å². The highest BCUT2D eigenvalue weighted by Crippen LogP contribution is 2.27. The molecule has 0 amide bonds. The Bertz CT molecular complexity index is 303. The predicted molar refractivity (Wildman–Crippen MR) is 65.9 cm³/mol. The lowest BCUT2D eigenvalue weighted by molar-refractivity contribution is -0.108. The van der Waals surface area contributed by atoms with Gasteiger partial charge in [-0.05, 0) is 36.5 Å². The molecule has 0 aliphatic rings. The zero-order chi connectivity index (χ0) is 11.8. The molecule has 0 spiro atoms. The van der Waals surface area contributed by atoms with Crippen molar-refractivity contribution in [3.63, 3.8) is 0 Å². The Morgan fingerprint density at radius 2 is 1.94 bits per heavy atom. The Balaban J connectivity index is 2.70. The number of carbonyl (C=O) groups excluding carboxylic acids is 1. The van der Waals surface area contributed by atoms with Gasteiger partial charge in [-0.1, -0.05) is 25.5 Å². The summed E-state index contributed by atoms with van der Waals surface area (Å²) in [4.78, 5) is 10.4. The van der Waals surface area contributed by atoms with E-state index in [0.717, 1.165) is 31.3 Å². The third-order valence-corrected chi connectivity index (χ3v) is 2.86. The highest BCUT2D eigenvalue weighted by molar-refractivity contribution is 5.49. The van der Waals surface area contributed by atoms with E-state index in [-0.39, 0.29) is 0 Å². The predicted octanol–water partition coefficient (Wildman–Crippen LogP) is 3.56. The highest BCUT2D eigenvalue weighted by Gasteiger charge is 2.10. The molecular weight excluding hydrogens is 200 g/mol. The average molecular weight is 220 g/mol. The van der Waals surface area contributed by atoms with Crippen molar-refractivity contribution in [3.8, 4) is 5.75 Å². The Morgan fingerprint density at radius 3 is 2.44 bits per heavy atom. The molecule has 1 rings (SSSR count). The molecule has 1 atom stereocenters. The summed E-state index contributed by atoms with van der Waals surface area (Å²) >= 11 is 0. The minimum atomic E-state index is 0.501. The lowest BCUT2D eigenvalue weighted by Gasteiger charge is -2.15. The van der Waals surface area contributed by atoms with Crippen molar-refractivity contribution in [1.29, 1.82) is 0 Å². The second-order valence-corrected chi connectivity index (χ2v) is 4.00. The summed E-state index contributed by atoms with van der Waals surface area (Å²) in [6.07, 6.45) is 4.89. The molecule has 0 aliphatic heterocycles. The number of hydrogen-bond donors (Lipinski definition) is 0. The smallest absolute Gasteiger partial charge is 0.120 e. The SMILES string of the molecule is CCCC(CCC=O)c1ccc(OC)cc1. The van der Waals surface area contributed by atoms with Gasteiger partial charge in [0.25, 0.3) is 0 Å². The first-order valence-electron chi connectivity index (χ1n) is 5.89. The van der Waals surface area contributed by atoms with Crippen molar-refractivity contribution in [2.45, 2.75) is 38.5 Å². The summed E-state index contributed by atoms with van der Waals surface area (Å²) < 4.78 is 5.13. The van der Waals surface area contributed by atoms with Crippen LogP contribution in [0.2, 0.25) is 0 Å². The first-order valence-corrected chi connectivity index (χ1v) is 5.89. The molecule has 16 heavy (non-hydrogen) atoms. The van der Waals surface area contributed by atoms with E-state index < -0.39 is 0 Å². The van der Waals surface area contributed by atoms with Crippen LogP contribution in [0.5, 0.6) is 5.75 Å². The molecule has 0 heterocycles. The van der Waals surface area contributed by atoms with Crippen molar-refractivity contribution >= 4 is 6.29 Å². The van der Waals surface area contributed by atoms with Crippen molar-refractivity contribution in [2.75, 3.05) is 7.11 Å².